The highest BCUT2D eigenvalue weighted by molar-refractivity contribution is 5.51. The molecule has 4 nitrogen and oxygen atoms in total. The number of rotatable bonds is 9. The first-order valence-corrected chi connectivity index (χ1v) is 7.20. The van der Waals surface area contributed by atoms with Gasteiger partial charge in [0.2, 0.25) is 0 Å². The first-order valence-electron chi connectivity index (χ1n) is 7.20. The highest BCUT2D eigenvalue weighted by atomic mass is 16.5. The predicted octanol–water partition coefficient (Wildman–Crippen LogP) is 2.91. The van der Waals surface area contributed by atoms with Crippen LogP contribution in [0.3, 0.4) is 0 Å². The van der Waals surface area contributed by atoms with Gasteiger partial charge in [0, 0.05) is 26.1 Å². The Bertz CT molecular complexity index is 426. The maximum Gasteiger partial charge on any atom is 0.142 e. The summed E-state index contributed by atoms with van der Waals surface area (Å²) < 4.78 is 5.68. The van der Waals surface area contributed by atoms with Crippen LogP contribution in [-0.2, 0) is 0 Å². The number of anilines is 1. The number of ether oxygens (including phenoxy) is 1. The van der Waals surface area contributed by atoms with Gasteiger partial charge in [-0.3, -0.25) is 0 Å². The molecule has 0 radical (unpaired) electrons. The average molecular weight is 275 g/mol. The number of nitrogens with zero attached hydrogens (tertiary/aromatic N) is 2. The zero-order valence-corrected chi connectivity index (χ0v) is 12.5. The zero-order chi connectivity index (χ0) is 14.8. The summed E-state index contributed by atoms with van der Waals surface area (Å²) in [6.45, 7) is 7.85. The summed E-state index contributed by atoms with van der Waals surface area (Å²) in [7, 11) is 0. The van der Waals surface area contributed by atoms with Crippen LogP contribution in [0.4, 0.5) is 5.69 Å². The van der Waals surface area contributed by atoms with Crippen LogP contribution in [0.15, 0.2) is 24.3 Å². The second kappa shape index (κ2) is 9.22. The molecular formula is C16H25N3O. The first-order chi connectivity index (χ1) is 9.63. The van der Waals surface area contributed by atoms with Gasteiger partial charge in [0.25, 0.3) is 0 Å². The Hall–Kier alpha value is -1.73. The lowest BCUT2D eigenvalue weighted by Crippen LogP contribution is -2.30. The van der Waals surface area contributed by atoms with Crippen LogP contribution in [0, 0.1) is 17.2 Å². The zero-order valence-electron chi connectivity index (χ0n) is 12.5. The molecule has 0 aliphatic carbocycles. The molecule has 0 bridgehead atoms. The summed E-state index contributed by atoms with van der Waals surface area (Å²) in [4.78, 5) is 2.32. The monoisotopic (exact) mass is 275 g/mol. The van der Waals surface area contributed by atoms with E-state index in [4.69, 9.17) is 15.7 Å². The molecule has 0 spiro atoms. The number of benzene rings is 1. The van der Waals surface area contributed by atoms with Crippen molar-refractivity contribution in [2.45, 2.75) is 26.7 Å². The molecule has 1 aromatic rings. The van der Waals surface area contributed by atoms with Crippen LogP contribution in [0.2, 0.25) is 0 Å². The molecule has 0 amide bonds. The minimum Gasteiger partial charge on any atom is -0.491 e. The standard InChI is InChI=1S/C16H25N3O/c1-14(2)13-19(10-5-9-17)11-6-12-20-16-8-4-3-7-15(16)18/h3-4,7-8,14H,5-6,10-13,18H2,1-2H3. The lowest BCUT2D eigenvalue weighted by Gasteiger charge is -2.23. The van der Waals surface area contributed by atoms with Gasteiger partial charge in [-0.05, 0) is 24.5 Å². The van der Waals surface area contributed by atoms with Crippen LogP contribution >= 0.6 is 0 Å². The number of hydrogen-bond donors (Lipinski definition) is 1. The van der Waals surface area contributed by atoms with E-state index in [9.17, 15) is 0 Å². The lowest BCUT2D eigenvalue weighted by molar-refractivity contribution is 0.219. The van der Waals surface area contributed by atoms with Crippen molar-refractivity contribution in [3.63, 3.8) is 0 Å². The van der Waals surface area contributed by atoms with Crippen LogP contribution < -0.4 is 10.5 Å². The van der Waals surface area contributed by atoms with E-state index in [1.807, 2.05) is 24.3 Å². The largest absolute Gasteiger partial charge is 0.491 e. The third-order valence-electron chi connectivity index (χ3n) is 2.96. The van der Waals surface area contributed by atoms with Crippen molar-refractivity contribution < 1.29 is 4.74 Å². The van der Waals surface area contributed by atoms with Gasteiger partial charge in [-0.15, -0.1) is 0 Å². The molecular weight excluding hydrogens is 250 g/mol. The van der Waals surface area contributed by atoms with E-state index in [-0.39, 0.29) is 0 Å². The van der Waals surface area contributed by atoms with Crippen molar-refractivity contribution in [3.8, 4) is 11.8 Å². The predicted molar refractivity (Wildman–Crippen MR) is 82.5 cm³/mol. The number of nitriles is 1. The molecule has 0 unspecified atom stereocenters. The van der Waals surface area contributed by atoms with E-state index in [0.717, 1.165) is 31.8 Å². The van der Waals surface area contributed by atoms with Gasteiger partial charge in [-0.1, -0.05) is 26.0 Å². The van der Waals surface area contributed by atoms with E-state index in [2.05, 4.69) is 24.8 Å². The Morgan fingerprint density at radius 1 is 1.30 bits per heavy atom. The second-order valence-corrected chi connectivity index (χ2v) is 5.34. The third-order valence-corrected chi connectivity index (χ3v) is 2.96. The normalized spacial score (nSPS) is 10.8. The molecule has 0 aromatic heterocycles. The molecule has 110 valence electrons. The van der Waals surface area contributed by atoms with Crippen molar-refractivity contribution >= 4 is 5.69 Å². The van der Waals surface area contributed by atoms with E-state index < -0.39 is 0 Å². The molecule has 4 heteroatoms. The van der Waals surface area contributed by atoms with E-state index >= 15 is 0 Å². The molecule has 0 heterocycles. The van der Waals surface area contributed by atoms with Gasteiger partial charge >= 0.3 is 0 Å². The van der Waals surface area contributed by atoms with E-state index in [1.54, 1.807) is 0 Å². The molecule has 0 aliphatic rings. The minimum absolute atomic E-state index is 0.583. The highest BCUT2D eigenvalue weighted by Gasteiger charge is 2.07. The lowest BCUT2D eigenvalue weighted by atomic mass is 10.2. The molecule has 1 aromatic carbocycles. The number of nitrogens with two attached hydrogens (primary N) is 1. The van der Waals surface area contributed by atoms with Gasteiger partial charge < -0.3 is 15.4 Å². The number of para-hydroxylation sites is 2. The fourth-order valence-electron chi connectivity index (χ4n) is 2.10. The van der Waals surface area contributed by atoms with Crippen molar-refractivity contribution in [1.29, 1.82) is 5.26 Å². The Morgan fingerprint density at radius 3 is 2.70 bits per heavy atom. The van der Waals surface area contributed by atoms with Crippen LogP contribution in [0.25, 0.3) is 0 Å². The van der Waals surface area contributed by atoms with Crippen molar-refractivity contribution in [2.75, 3.05) is 32.0 Å². The minimum atomic E-state index is 0.583. The quantitative estimate of drug-likeness (QED) is 0.556. The molecule has 2 N–H and O–H groups in total. The highest BCUT2D eigenvalue weighted by Crippen LogP contribution is 2.19. The maximum absolute atomic E-state index is 8.68. The van der Waals surface area contributed by atoms with Crippen LogP contribution in [0.5, 0.6) is 5.75 Å². The first kappa shape index (κ1) is 16.3. The SMILES string of the molecule is CC(C)CN(CCC#N)CCCOc1ccccc1N. The Balaban J connectivity index is 2.29. The fraction of sp³-hybridized carbons (Fsp3) is 0.562. The molecule has 0 atom stereocenters. The number of nitrogen functional groups attached to an aromatic ring is 1. The second-order valence-electron chi connectivity index (χ2n) is 5.34. The van der Waals surface area contributed by atoms with Gasteiger partial charge in [0.1, 0.15) is 5.75 Å². The van der Waals surface area contributed by atoms with E-state index in [1.165, 1.54) is 0 Å². The van der Waals surface area contributed by atoms with Crippen LogP contribution in [0.1, 0.15) is 26.7 Å². The van der Waals surface area contributed by atoms with Crippen LogP contribution in [-0.4, -0.2) is 31.1 Å². The summed E-state index contributed by atoms with van der Waals surface area (Å²) in [5, 5.41) is 8.68. The molecule has 1 rings (SSSR count). The topological polar surface area (TPSA) is 62.3 Å². The Labute approximate surface area is 122 Å². The van der Waals surface area contributed by atoms with Crippen molar-refractivity contribution in [3.05, 3.63) is 24.3 Å². The molecule has 0 aliphatic heterocycles. The van der Waals surface area contributed by atoms with Gasteiger partial charge in [0.05, 0.1) is 18.4 Å². The summed E-state index contributed by atoms with van der Waals surface area (Å²) in [5.41, 5.74) is 6.50. The van der Waals surface area contributed by atoms with Gasteiger partial charge in [0.15, 0.2) is 0 Å². The van der Waals surface area contributed by atoms with Gasteiger partial charge in [-0.2, -0.15) is 5.26 Å². The molecule has 0 fully saturated rings. The number of hydrogen-bond acceptors (Lipinski definition) is 4. The molecule has 20 heavy (non-hydrogen) atoms. The molecule has 0 saturated carbocycles. The smallest absolute Gasteiger partial charge is 0.142 e. The summed E-state index contributed by atoms with van der Waals surface area (Å²) >= 11 is 0. The fourth-order valence-corrected chi connectivity index (χ4v) is 2.10. The summed E-state index contributed by atoms with van der Waals surface area (Å²) in [6.07, 6.45) is 1.52. The van der Waals surface area contributed by atoms with E-state index in [0.29, 0.717) is 24.6 Å². The van der Waals surface area contributed by atoms with Crippen molar-refractivity contribution in [2.24, 2.45) is 5.92 Å². The average Bonchev–Trinajstić information content (AvgIpc) is 2.41. The molecule has 0 saturated heterocycles. The maximum atomic E-state index is 8.68. The Kier molecular flexibility index (Phi) is 7.52. The summed E-state index contributed by atoms with van der Waals surface area (Å²) in [5.74, 6) is 1.36. The van der Waals surface area contributed by atoms with Crippen molar-refractivity contribution in [1.82, 2.24) is 4.90 Å². The Morgan fingerprint density at radius 2 is 2.05 bits per heavy atom. The summed E-state index contributed by atoms with van der Waals surface area (Å²) in [6, 6.07) is 9.75. The van der Waals surface area contributed by atoms with Gasteiger partial charge in [-0.25, -0.2) is 0 Å². The third kappa shape index (κ3) is 6.44.